The SMILES string of the molecule is CC(C)(C)C1C[CH]CCN1c1cc(-c2ccc(Oc3ccccc3)cc2)c2c(N)n[nH]c2n1. The van der Waals surface area contributed by atoms with Gasteiger partial charge in [0, 0.05) is 18.2 Å². The summed E-state index contributed by atoms with van der Waals surface area (Å²) < 4.78 is 5.97. The molecule has 1 aliphatic rings. The van der Waals surface area contributed by atoms with Crippen molar-refractivity contribution in [3.8, 4) is 22.6 Å². The molecule has 2 aromatic heterocycles. The molecule has 1 aliphatic heterocycles. The van der Waals surface area contributed by atoms with E-state index in [9.17, 15) is 0 Å². The van der Waals surface area contributed by atoms with Gasteiger partial charge in [-0.1, -0.05) is 51.1 Å². The number of nitrogens with two attached hydrogens (primary N) is 1. The third-order valence-electron chi connectivity index (χ3n) is 6.32. The highest BCUT2D eigenvalue weighted by atomic mass is 16.5. The van der Waals surface area contributed by atoms with Gasteiger partial charge in [0.05, 0.1) is 5.39 Å². The van der Waals surface area contributed by atoms with Crippen LogP contribution in [-0.2, 0) is 0 Å². The lowest BCUT2D eigenvalue weighted by Crippen LogP contribution is -2.47. The van der Waals surface area contributed by atoms with E-state index in [2.05, 4.69) is 60.5 Å². The number of H-pyrrole nitrogens is 1. The zero-order valence-corrected chi connectivity index (χ0v) is 19.4. The molecule has 1 atom stereocenters. The number of pyridine rings is 1. The Morgan fingerprint density at radius 2 is 1.76 bits per heavy atom. The van der Waals surface area contributed by atoms with Gasteiger partial charge in [0.2, 0.25) is 0 Å². The van der Waals surface area contributed by atoms with Gasteiger partial charge in [-0.25, -0.2) is 4.98 Å². The van der Waals surface area contributed by atoms with Crippen molar-refractivity contribution in [1.82, 2.24) is 15.2 Å². The number of anilines is 2. The third kappa shape index (κ3) is 4.25. The molecular weight excluding hydrogens is 410 g/mol. The Bertz CT molecular complexity index is 1240. The maximum absolute atomic E-state index is 6.25. The lowest BCUT2D eigenvalue weighted by Gasteiger charge is -2.44. The number of nitrogens with zero attached hydrogens (tertiary/aromatic N) is 3. The standard InChI is InChI=1S/C27H30N5O/c1-27(2,3)22-11-7-8-16-32(22)23-17-21(24-25(28)30-31-26(24)29-23)18-12-14-20(15-13-18)33-19-9-5-4-6-10-19/h4-7,9-10,12-15,17,22H,8,11,16H2,1-3H3,(H3,28,29,30,31). The number of rotatable bonds is 4. The summed E-state index contributed by atoms with van der Waals surface area (Å²) in [6.07, 6.45) is 4.50. The van der Waals surface area contributed by atoms with Gasteiger partial charge in [0.25, 0.3) is 0 Å². The average Bonchev–Trinajstić information content (AvgIpc) is 3.20. The molecule has 0 aliphatic carbocycles. The lowest BCUT2D eigenvalue weighted by atomic mass is 9.80. The van der Waals surface area contributed by atoms with E-state index in [-0.39, 0.29) is 5.41 Å². The number of hydrogen-bond acceptors (Lipinski definition) is 5. The predicted octanol–water partition coefficient (Wildman–Crippen LogP) is 6.22. The topological polar surface area (TPSA) is 80.1 Å². The van der Waals surface area contributed by atoms with Gasteiger partial charge in [-0.15, -0.1) is 0 Å². The molecule has 169 valence electrons. The van der Waals surface area contributed by atoms with Crippen molar-refractivity contribution in [2.75, 3.05) is 17.2 Å². The largest absolute Gasteiger partial charge is 0.457 e. The van der Waals surface area contributed by atoms with Gasteiger partial charge >= 0.3 is 0 Å². The van der Waals surface area contributed by atoms with Crippen molar-refractivity contribution < 1.29 is 4.74 Å². The highest BCUT2D eigenvalue weighted by Crippen LogP contribution is 2.39. The fourth-order valence-corrected chi connectivity index (χ4v) is 4.63. The molecule has 3 N–H and O–H groups in total. The van der Waals surface area contributed by atoms with Crippen LogP contribution < -0.4 is 15.4 Å². The summed E-state index contributed by atoms with van der Waals surface area (Å²) >= 11 is 0. The molecule has 4 aromatic rings. The summed E-state index contributed by atoms with van der Waals surface area (Å²) in [5, 5.41) is 8.13. The van der Waals surface area contributed by atoms with E-state index in [4.69, 9.17) is 15.5 Å². The zero-order chi connectivity index (χ0) is 23.0. The van der Waals surface area contributed by atoms with Gasteiger partial charge in [-0.2, -0.15) is 5.10 Å². The second-order valence-corrected chi connectivity index (χ2v) is 9.69. The number of piperidine rings is 1. The highest BCUT2D eigenvalue weighted by Gasteiger charge is 2.33. The second-order valence-electron chi connectivity index (χ2n) is 9.69. The van der Waals surface area contributed by atoms with Crippen LogP contribution in [0, 0.1) is 11.8 Å². The van der Waals surface area contributed by atoms with Crippen LogP contribution in [0.3, 0.4) is 0 Å². The normalized spacial score (nSPS) is 16.8. The van der Waals surface area contributed by atoms with Crippen molar-refractivity contribution in [3.63, 3.8) is 0 Å². The fourth-order valence-electron chi connectivity index (χ4n) is 4.63. The smallest absolute Gasteiger partial charge is 0.160 e. The van der Waals surface area contributed by atoms with Gasteiger partial charge < -0.3 is 15.4 Å². The number of ether oxygens (including phenoxy) is 1. The molecule has 0 saturated carbocycles. The number of para-hydroxylation sites is 1. The van der Waals surface area contributed by atoms with Crippen molar-refractivity contribution in [3.05, 3.63) is 67.1 Å². The summed E-state index contributed by atoms with van der Waals surface area (Å²) in [7, 11) is 0. The van der Waals surface area contributed by atoms with E-state index >= 15 is 0 Å². The molecule has 0 amide bonds. The summed E-state index contributed by atoms with van der Waals surface area (Å²) in [6.45, 7) is 7.84. The Kier molecular flexibility index (Phi) is 5.44. The number of benzene rings is 2. The number of aromatic nitrogens is 3. The molecule has 1 fully saturated rings. The molecule has 0 bridgehead atoms. The maximum Gasteiger partial charge on any atom is 0.160 e. The zero-order valence-electron chi connectivity index (χ0n) is 19.4. The first-order valence-corrected chi connectivity index (χ1v) is 11.5. The van der Waals surface area contributed by atoms with E-state index < -0.39 is 0 Å². The molecule has 5 rings (SSSR count). The molecule has 1 saturated heterocycles. The van der Waals surface area contributed by atoms with Crippen LogP contribution in [0.2, 0.25) is 0 Å². The predicted molar refractivity (Wildman–Crippen MR) is 134 cm³/mol. The molecule has 1 unspecified atom stereocenters. The first kappa shape index (κ1) is 21.3. The minimum absolute atomic E-state index is 0.136. The van der Waals surface area contributed by atoms with E-state index in [1.165, 1.54) is 0 Å². The summed E-state index contributed by atoms with van der Waals surface area (Å²) in [5.74, 6) is 3.02. The quantitative estimate of drug-likeness (QED) is 0.394. The van der Waals surface area contributed by atoms with Crippen molar-refractivity contribution in [2.45, 2.75) is 39.7 Å². The highest BCUT2D eigenvalue weighted by molar-refractivity contribution is 6.01. The van der Waals surface area contributed by atoms with Gasteiger partial charge in [-0.05, 0) is 60.6 Å². The van der Waals surface area contributed by atoms with Crippen LogP contribution >= 0.6 is 0 Å². The van der Waals surface area contributed by atoms with Crippen LogP contribution in [0.4, 0.5) is 11.6 Å². The number of nitrogen functional groups attached to an aromatic ring is 1. The van der Waals surface area contributed by atoms with E-state index in [0.717, 1.165) is 53.2 Å². The minimum Gasteiger partial charge on any atom is -0.457 e. The number of hydrogen-bond donors (Lipinski definition) is 2. The molecule has 1 radical (unpaired) electrons. The Morgan fingerprint density at radius 1 is 1.03 bits per heavy atom. The summed E-state index contributed by atoms with van der Waals surface area (Å²) in [6, 6.07) is 20.4. The molecule has 0 spiro atoms. The Labute approximate surface area is 194 Å². The summed E-state index contributed by atoms with van der Waals surface area (Å²) in [5.41, 5.74) is 9.17. The lowest BCUT2D eigenvalue weighted by molar-refractivity contribution is 0.283. The van der Waals surface area contributed by atoms with E-state index in [1.54, 1.807) is 0 Å². The van der Waals surface area contributed by atoms with Crippen LogP contribution in [0.25, 0.3) is 22.2 Å². The Morgan fingerprint density at radius 3 is 2.48 bits per heavy atom. The molecule has 6 heteroatoms. The van der Waals surface area contributed by atoms with Crippen LogP contribution in [-0.4, -0.2) is 27.8 Å². The Balaban J connectivity index is 1.54. The first-order valence-electron chi connectivity index (χ1n) is 11.5. The Hall–Kier alpha value is -3.54. The molecule has 2 aromatic carbocycles. The van der Waals surface area contributed by atoms with Gasteiger partial charge in [-0.3, -0.25) is 5.10 Å². The number of nitrogens with one attached hydrogen (secondary N) is 1. The van der Waals surface area contributed by atoms with Gasteiger partial charge in [0.15, 0.2) is 11.5 Å². The third-order valence-corrected chi connectivity index (χ3v) is 6.32. The fraction of sp³-hybridized carbons (Fsp3) is 0.296. The van der Waals surface area contributed by atoms with Crippen LogP contribution in [0.15, 0.2) is 60.7 Å². The second kappa shape index (κ2) is 8.43. The molecular formula is C27H30N5O. The van der Waals surface area contributed by atoms with Crippen molar-refractivity contribution in [1.29, 1.82) is 0 Å². The molecule has 6 nitrogen and oxygen atoms in total. The number of fused-ring (bicyclic) bond motifs is 1. The monoisotopic (exact) mass is 440 g/mol. The summed E-state index contributed by atoms with van der Waals surface area (Å²) in [4.78, 5) is 7.37. The first-order chi connectivity index (χ1) is 15.9. The maximum atomic E-state index is 6.25. The van der Waals surface area contributed by atoms with Crippen molar-refractivity contribution in [2.24, 2.45) is 5.41 Å². The average molecular weight is 441 g/mol. The minimum atomic E-state index is 0.136. The van der Waals surface area contributed by atoms with E-state index in [0.29, 0.717) is 17.5 Å². The molecule has 3 heterocycles. The molecule has 33 heavy (non-hydrogen) atoms. The number of aromatic amines is 1. The van der Waals surface area contributed by atoms with Crippen LogP contribution in [0.1, 0.15) is 33.6 Å². The van der Waals surface area contributed by atoms with E-state index in [1.807, 2.05) is 42.5 Å². The van der Waals surface area contributed by atoms with Crippen molar-refractivity contribution >= 4 is 22.7 Å². The van der Waals surface area contributed by atoms with Gasteiger partial charge in [0.1, 0.15) is 17.3 Å². The van der Waals surface area contributed by atoms with Crippen LogP contribution in [0.5, 0.6) is 11.5 Å².